The lowest BCUT2D eigenvalue weighted by Gasteiger charge is -2.05. The fourth-order valence-electron chi connectivity index (χ4n) is 3.73. The zero-order valence-corrected chi connectivity index (χ0v) is 12.4. The van der Waals surface area contributed by atoms with E-state index in [-0.39, 0.29) is 0 Å². The average molecular weight is 283 g/mol. The first kappa shape index (κ1) is 11.9. The molecule has 104 valence electrons. The number of rotatable bonds is 1. The van der Waals surface area contributed by atoms with Gasteiger partial charge in [-0.05, 0) is 24.4 Å². The predicted octanol–water partition coefficient (Wildman–Crippen LogP) is 4.34. The van der Waals surface area contributed by atoms with Crippen LogP contribution in [0.3, 0.4) is 0 Å². The number of aryl methyl sites for hydroxylation is 1. The standard InChI is InChI=1S/C20H15N2/c1-2-22-17-12-4-3-11-16(17)21-19-14-9-5-7-13-8-6-10-15(18(13)14)20(19)22/h3-12H,2H2,1H3/q+1. The molecule has 1 aromatic heterocycles. The van der Waals surface area contributed by atoms with E-state index < -0.39 is 0 Å². The average Bonchev–Trinajstić information content (AvgIpc) is 2.89. The molecule has 0 fully saturated rings. The summed E-state index contributed by atoms with van der Waals surface area (Å²) in [6.45, 7) is 3.14. The molecular weight excluding hydrogens is 268 g/mol. The first-order valence-electron chi connectivity index (χ1n) is 7.73. The van der Waals surface area contributed by atoms with Crippen molar-refractivity contribution in [1.29, 1.82) is 0 Å². The number of fused-ring (bicyclic) bond motifs is 4. The van der Waals surface area contributed by atoms with Gasteiger partial charge in [0, 0.05) is 17.0 Å². The second-order valence-corrected chi connectivity index (χ2v) is 5.75. The SMILES string of the molecule is CC[n+]1c2c(nc3ccccc31)-c1cccc3cccc-2c13. The molecule has 0 spiro atoms. The van der Waals surface area contributed by atoms with E-state index in [1.54, 1.807) is 0 Å². The molecule has 0 aliphatic heterocycles. The summed E-state index contributed by atoms with van der Waals surface area (Å²) in [5.74, 6) is 0. The minimum Gasteiger partial charge on any atom is -0.234 e. The summed E-state index contributed by atoms with van der Waals surface area (Å²) in [6, 6.07) is 21.5. The van der Waals surface area contributed by atoms with Crippen molar-refractivity contribution in [2.24, 2.45) is 0 Å². The number of hydrogen-bond acceptors (Lipinski definition) is 1. The Balaban J connectivity index is 2.05. The summed E-state index contributed by atoms with van der Waals surface area (Å²) in [6.07, 6.45) is 0. The topological polar surface area (TPSA) is 16.8 Å². The Bertz CT molecular complexity index is 1060. The third kappa shape index (κ3) is 1.34. The first-order valence-corrected chi connectivity index (χ1v) is 7.73. The van der Waals surface area contributed by atoms with Gasteiger partial charge in [0.05, 0.1) is 5.56 Å². The van der Waals surface area contributed by atoms with Crippen LogP contribution in [0.5, 0.6) is 0 Å². The van der Waals surface area contributed by atoms with Gasteiger partial charge in [-0.15, -0.1) is 0 Å². The van der Waals surface area contributed by atoms with E-state index in [4.69, 9.17) is 4.98 Å². The van der Waals surface area contributed by atoms with Crippen LogP contribution in [0.15, 0.2) is 60.7 Å². The van der Waals surface area contributed by atoms with Gasteiger partial charge in [0.1, 0.15) is 17.8 Å². The second kappa shape index (κ2) is 4.14. The highest BCUT2D eigenvalue weighted by molar-refractivity contribution is 6.13. The Morgan fingerprint density at radius 2 is 1.64 bits per heavy atom. The molecule has 0 amide bonds. The molecular formula is C20H15N2+. The molecule has 0 atom stereocenters. The van der Waals surface area contributed by atoms with Gasteiger partial charge in [0.2, 0.25) is 11.2 Å². The van der Waals surface area contributed by atoms with Crippen LogP contribution in [0, 0.1) is 0 Å². The number of aromatic nitrogens is 2. The maximum Gasteiger partial charge on any atom is 0.240 e. The first-order chi connectivity index (χ1) is 10.9. The van der Waals surface area contributed by atoms with Gasteiger partial charge < -0.3 is 0 Å². The van der Waals surface area contributed by atoms with Crippen molar-refractivity contribution in [1.82, 2.24) is 4.98 Å². The molecule has 4 aromatic rings. The molecule has 0 saturated heterocycles. The number of nitrogens with zero attached hydrogens (tertiary/aromatic N) is 2. The zero-order valence-electron chi connectivity index (χ0n) is 12.4. The van der Waals surface area contributed by atoms with Crippen molar-refractivity contribution in [3.8, 4) is 22.5 Å². The van der Waals surface area contributed by atoms with Crippen molar-refractivity contribution in [3.63, 3.8) is 0 Å². The van der Waals surface area contributed by atoms with Gasteiger partial charge in [-0.1, -0.05) is 42.5 Å². The fourth-order valence-corrected chi connectivity index (χ4v) is 3.73. The van der Waals surface area contributed by atoms with E-state index in [2.05, 4.69) is 72.2 Å². The lowest BCUT2D eigenvalue weighted by atomic mass is 10.0. The van der Waals surface area contributed by atoms with Crippen LogP contribution in [0.1, 0.15) is 6.92 Å². The molecule has 3 aromatic carbocycles. The molecule has 5 rings (SSSR count). The maximum absolute atomic E-state index is 4.98. The third-order valence-corrected chi connectivity index (χ3v) is 4.63. The van der Waals surface area contributed by atoms with Gasteiger partial charge in [-0.3, -0.25) is 0 Å². The smallest absolute Gasteiger partial charge is 0.234 e. The summed E-state index contributed by atoms with van der Waals surface area (Å²) >= 11 is 0. The molecule has 0 saturated carbocycles. The van der Waals surface area contributed by atoms with Gasteiger partial charge in [0.15, 0.2) is 0 Å². The quantitative estimate of drug-likeness (QED) is 0.418. The molecule has 0 bridgehead atoms. The Morgan fingerprint density at radius 3 is 2.45 bits per heavy atom. The lowest BCUT2D eigenvalue weighted by molar-refractivity contribution is -0.656. The normalized spacial score (nSPS) is 12.0. The zero-order chi connectivity index (χ0) is 14.7. The Hall–Kier alpha value is -2.74. The largest absolute Gasteiger partial charge is 0.240 e. The molecule has 1 aliphatic carbocycles. The Kier molecular flexibility index (Phi) is 2.23. The van der Waals surface area contributed by atoms with Crippen LogP contribution in [-0.2, 0) is 6.54 Å². The summed E-state index contributed by atoms with van der Waals surface area (Å²) in [5, 5.41) is 2.63. The highest BCUT2D eigenvalue weighted by atomic mass is 15.0. The lowest BCUT2D eigenvalue weighted by Crippen LogP contribution is -2.36. The van der Waals surface area contributed by atoms with Crippen molar-refractivity contribution < 1.29 is 4.57 Å². The Labute approximate surface area is 128 Å². The van der Waals surface area contributed by atoms with Crippen molar-refractivity contribution in [2.75, 3.05) is 0 Å². The summed E-state index contributed by atoms with van der Waals surface area (Å²) < 4.78 is 2.40. The molecule has 0 N–H and O–H groups in total. The van der Waals surface area contributed by atoms with Crippen LogP contribution in [0.2, 0.25) is 0 Å². The van der Waals surface area contributed by atoms with Crippen LogP contribution in [0.4, 0.5) is 0 Å². The van der Waals surface area contributed by atoms with Crippen LogP contribution < -0.4 is 4.57 Å². The molecule has 1 aliphatic rings. The third-order valence-electron chi connectivity index (χ3n) is 4.63. The van der Waals surface area contributed by atoms with Gasteiger partial charge in [0.25, 0.3) is 0 Å². The minimum atomic E-state index is 0.940. The van der Waals surface area contributed by atoms with Crippen molar-refractivity contribution >= 4 is 21.8 Å². The van der Waals surface area contributed by atoms with E-state index in [1.165, 1.54) is 33.1 Å². The molecule has 1 heterocycles. The minimum absolute atomic E-state index is 0.940. The molecule has 0 radical (unpaired) electrons. The van der Waals surface area contributed by atoms with Crippen LogP contribution in [0.25, 0.3) is 44.3 Å². The van der Waals surface area contributed by atoms with E-state index >= 15 is 0 Å². The Morgan fingerprint density at radius 1 is 0.864 bits per heavy atom. The van der Waals surface area contributed by atoms with Crippen LogP contribution >= 0.6 is 0 Å². The summed E-state index contributed by atoms with van der Waals surface area (Å²) in [4.78, 5) is 4.98. The van der Waals surface area contributed by atoms with Gasteiger partial charge in [-0.2, -0.15) is 4.57 Å². The highest BCUT2D eigenvalue weighted by Gasteiger charge is 2.32. The van der Waals surface area contributed by atoms with Crippen LogP contribution in [-0.4, -0.2) is 4.98 Å². The molecule has 2 nitrogen and oxygen atoms in total. The highest BCUT2D eigenvalue weighted by Crippen LogP contribution is 2.44. The van der Waals surface area contributed by atoms with E-state index in [0.717, 1.165) is 17.8 Å². The van der Waals surface area contributed by atoms with Crippen molar-refractivity contribution in [2.45, 2.75) is 13.5 Å². The van der Waals surface area contributed by atoms with E-state index in [9.17, 15) is 0 Å². The number of benzene rings is 3. The van der Waals surface area contributed by atoms with Crippen molar-refractivity contribution in [3.05, 3.63) is 60.7 Å². The summed E-state index contributed by atoms with van der Waals surface area (Å²) in [7, 11) is 0. The number of hydrogen-bond donors (Lipinski definition) is 0. The molecule has 22 heavy (non-hydrogen) atoms. The monoisotopic (exact) mass is 283 g/mol. The van der Waals surface area contributed by atoms with E-state index in [0.29, 0.717) is 0 Å². The molecule has 2 heteroatoms. The predicted molar refractivity (Wildman–Crippen MR) is 89.5 cm³/mol. The fraction of sp³-hybridized carbons (Fsp3) is 0.100. The maximum atomic E-state index is 4.98. The number of para-hydroxylation sites is 2. The van der Waals surface area contributed by atoms with Gasteiger partial charge >= 0.3 is 0 Å². The molecule has 0 unspecified atom stereocenters. The second-order valence-electron chi connectivity index (χ2n) is 5.75. The summed E-state index contributed by atoms with van der Waals surface area (Å²) in [5.41, 5.74) is 7.21. The van der Waals surface area contributed by atoms with Gasteiger partial charge in [-0.25, -0.2) is 4.98 Å². The van der Waals surface area contributed by atoms with E-state index in [1.807, 2.05) is 0 Å².